The second kappa shape index (κ2) is 7.71. The van der Waals surface area contributed by atoms with Gasteiger partial charge in [0.05, 0.1) is 5.56 Å². The highest BCUT2D eigenvalue weighted by Gasteiger charge is 2.28. The highest BCUT2D eigenvalue weighted by atomic mass is 16.2. The van der Waals surface area contributed by atoms with Gasteiger partial charge in [-0.25, -0.2) is 19.9 Å². The average Bonchev–Trinajstić information content (AvgIpc) is 3.14. The van der Waals surface area contributed by atoms with Crippen LogP contribution in [0.5, 0.6) is 0 Å². The fourth-order valence-corrected chi connectivity index (χ4v) is 3.54. The minimum Gasteiger partial charge on any atom is -0.339 e. The normalized spacial score (nSPS) is 15.0. The first kappa shape index (κ1) is 18.0. The van der Waals surface area contributed by atoms with Crippen LogP contribution in [0.15, 0.2) is 41.6 Å². The summed E-state index contributed by atoms with van der Waals surface area (Å²) in [5.41, 5.74) is 0.952. The van der Waals surface area contributed by atoms with E-state index in [1.54, 1.807) is 28.1 Å². The van der Waals surface area contributed by atoms with E-state index in [1.165, 1.54) is 0 Å². The van der Waals surface area contributed by atoms with E-state index in [9.17, 15) is 9.59 Å². The monoisotopic (exact) mass is 379 g/mol. The Morgan fingerprint density at radius 2 is 1.93 bits per heavy atom. The predicted octanol–water partition coefficient (Wildman–Crippen LogP) is 1.46. The van der Waals surface area contributed by atoms with Crippen LogP contribution < -0.4 is 5.69 Å². The van der Waals surface area contributed by atoms with Crippen molar-refractivity contribution in [3.63, 3.8) is 0 Å². The summed E-state index contributed by atoms with van der Waals surface area (Å²) in [4.78, 5) is 39.1. The second-order valence-electron chi connectivity index (χ2n) is 6.71. The molecule has 0 saturated carbocycles. The molecule has 1 N–H and O–H groups in total. The zero-order valence-electron chi connectivity index (χ0n) is 15.6. The van der Waals surface area contributed by atoms with Crippen LogP contribution in [0.4, 0.5) is 0 Å². The van der Waals surface area contributed by atoms with Crippen LogP contribution in [-0.2, 0) is 6.54 Å². The summed E-state index contributed by atoms with van der Waals surface area (Å²) in [5, 5.41) is 6.69. The van der Waals surface area contributed by atoms with Crippen molar-refractivity contribution in [2.75, 3.05) is 13.1 Å². The molecule has 4 heterocycles. The minimum absolute atomic E-state index is 0.0825. The summed E-state index contributed by atoms with van der Waals surface area (Å²) in [6.07, 6.45) is 6.31. The number of pyridine rings is 1. The van der Waals surface area contributed by atoms with Crippen LogP contribution in [0.1, 0.15) is 41.9 Å². The van der Waals surface area contributed by atoms with Crippen molar-refractivity contribution >= 4 is 5.91 Å². The third kappa shape index (κ3) is 3.42. The number of aromatic nitrogens is 6. The first-order valence-corrected chi connectivity index (χ1v) is 9.35. The van der Waals surface area contributed by atoms with Crippen LogP contribution in [0.25, 0.3) is 11.5 Å². The molecule has 4 rings (SSSR count). The van der Waals surface area contributed by atoms with E-state index in [0.29, 0.717) is 36.7 Å². The first-order valence-electron chi connectivity index (χ1n) is 9.35. The predicted molar refractivity (Wildman–Crippen MR) is 102 cm³/mol. The van der Waals surface area contributed by atoms with E-state index in [2.05, 4.69) is 25.1 Å². The Labute approximate surface area is 161 Å². The van der Waals surface area contributed by atoms with Gasteiger partial charge in [-0.2, -0.15) is 5.10 Å². The Morgan fingerprint density at radius 1 is 1.18 bits per heavy atom. The van der Waals surface area contributed by atoms with Gasteiger partial charge in [0, 0.05) is 44.1 Å². The summed E-state index contributed by atoms with van der Waals surface area (Å²) in [5.74, 6) is 1.36. The molecule has 1 saturated heterocycles. The van der Waals surface area contributed by atoms with Crippen LogP contribution in [0, 0.1) is 0 Å². The van der Waals surface area contributed by atoms with Gasteiger partial charge in [-0.15, -0.1) is 0 Å². The molecule has 28 heavy (non-hydrogen) atoms. The van der Waals surface area contributed by atoms with Gasteiger partial charge in [0.1, 0.15) is 11.5 Å². The molecule has 144 valence electrons. The lowest BCUT2D eigenvalue weighted by Gasteiger charge is -2.31. The lowest BCUT2D eigenvalue weighted by atomic mass is 9.95. The summed E-state index contributed by atoms with van der Waals surface area (Å²) >= 11 is 0. The van der Waals surface area contributed by atoms with Gasteiger partial charge < -0.3 is 4.90 Å². The van der Waals surface area contributed by atoms with E-state index in [4.69, 9.17) is 0 Å². The van der Waals surface area contributed by atoms with Gasteiger partial charge in [0.25, 0.3) is 5.91 Å². The van der Waals surface area contributed by atoms with Crippen LogP contribution in [-0.4, -0.2) is 53.6 Å². The number of hydrogen-bond acceptors (Lipinski definition) is 6. The molecular formula is C19H21N7O2. The number of piperidine rings is 1. The number of likely N-dealkylation sites (tertiary alicyclic amines) is 1. The van der Waals surface area contributed by atoms with Gasteiger partial charge in [-0.3, -0.25) is 14.3 Å². The fourth-order valence-electron chi connectivity index (χ4n) is 3.54. The molecule has 1 fully saturated rings. The van der Waals surface area contributed by atoms with Gasteiger partial charge >= 0.3 is 5.69 Å². The Kier molecular flexibility index (Phi) is 4.96. The van der Waals surface area contributed by atoms with Crippen LogP contribution in [0.2, 0.25) is 0 Å². The molecule has 1 aliphatic rings. The molecule has 0 radical (unpaired) electrons. The van der Waals surface area contributed by atoms with E-state index in [-0.39, 0.29) is 17.5 Å². The summed E-state index contributed by atoms with van der Waals surface area (Å²) in [6, 6.07) is 5.52. The van der Waals surface area contributed by atoms with Crippen molar-refractivity contribution in [3.05, 3.63) is 58.7 Å². The van der Waals surface area contributed by atoms with E-state index < -0.39 is 0 Å². The van der Waals surface area contributed by atoms with Crippen molar-refractivity contribution in [1.29, 1.82) is 0 Å². The molecule has 9 nitrogen and oxygen atoms in total. The van der Waals surface area contributed by atoms with E-state index >= 15 is 0 Å². The SMILES string of the molecule is CCn1c(C2CCN(C(=O)c3cnc(-c4ccccn4)nc3)CC2)n[nH]c1=O. The van der Waals surface area contributed by atoms with Gasteiger partial charge in [0.15, 0.2) is 5.82 Å². The lowest BCUT2D eigenvalue weighted by molar-refractivity contribution is 0.0709. The molecule has 0 aromatic carbocycles. The number of H-pyrrole nitrogens is 1. The Bertz CT molecular complexity index is 1000. The molecule has 3 aromatic rings. The van der Waals surface area contributed by atoms with Crippen molar-refractivity contribution in [3.8, 4) is 11.5 Å². The van der Waals surface area contributed by atoms with Gasteiger partial charge in [-0.1, -0.05) is 6.07 Å². The van der Waals surface area contributed by atoms with Gasteiger partial charge in [0.2, 0.25) is 0 Å². The van der Waals surface area contributed by atoms with Crippen molar-refractivity contribution in [2.45, 2.75) is 32.2 Å². The number of aromatic amines is 1. The number of carbonyl (C=O) groups is 1. The Balaban J connectivity index is 1.42. The standard InChI is InChI=1S/C19H21N7O2/c1-2-26-17(23-24-19(26)28)13-6-9-25(10-7-13)18(27)14-11-21-16(22-12-14)15-5-3-4-8-20-15/h3-5,8,11-13H,2,6-7,9-10H2,1H3,(H,24,28). The largest absolute Gasteiger partial charge is 0.343 e. The summed E-state index contributed by atoms with van der Waals surface area (Å²) in [7, 11) is 0. The smallest absolute Gasteiger partial charge is 0.339 e. The molecule has 0 aliphatic carbocycles. The maximum Gasteiger partial charge on any atom is 0.343 e. The highest BCUT2D eigenvalue weighted by Crippen LogP contribution is 2.26. The quantitative estimate of drug-likeness (QED) is 0.735. The zero-order valence-corrected chi connectivity index (χ0v) is 15.6. The molecule has 0 unspecified atom stereocenters. The fraction of sp³-hybridized carbons (Fsp3) is 0.368. The number of amides is 1. The van der Waals surface area contributed by atoms with Crippen molar-refractivity contribution < 1.29 is 4.79 Å². The maximum absolute atomic E-state index is 12.8. The number of nitrogens with zero attached hydrogens (tertiary/aromatic N) is 6. The molecule has 1 aliphatic heterocycles. The summed E-state index contributed by atoms with van der Waals surface area (Å²) < 4.78 is 1.66. The van der Waals surface area contributed by atoms with E-state index in [0.717, 1.165) is 18.7 Å². The lowest BCUT2D eigenvalue weighted by Crippen LogP contribution is -2.38. The van der Waals surface area contributed by atoms with Gasteiger partial charge in [-0.05, 0) is 31.9 Å². The van der Waals surface area contributed by atoms with Crippen LogP contribution in [0.3, 0.4) is 0 Å². The molecule has 0 spiro atoms. The average molecular weight is 379 g/mol. The first-order chi connectivity index (χ1) is 13.7. The zero-order chi connectivity index (χ0) is 19.5. The van der Waals surface area contributed by atoms with E-state index in [1.807, 2.05) is 25.1 Å². The molecule has 0 atom stereocenters. The third-order valence-corrected chi connectivity index (χ3v) is 5.04. The van der Waals surface area contributed by atoms with Crippen LogP contribution >= 0.6 is 0 Å². The highest BCUT2D eigenvalue weighted by molar-refractivity contribution is 5.93. The Morgan fingerprint density at radius 3 is 2.57 bits per heavy atom. The number of carbonyl (C=O) groups excluding carboxylic acids is 1. The molecule has 3 aromatic heterocycles. The number of rotatable bonds is 4. The molecule has 0 bridgehead atoms. The molecular weight excluding hydrogens is 358 g/mol. The second-order valence-corrected chi connectivity index (χ2v) is 6.71. The maximum atomic E-state index is 12.8. The minimum atomic E-state index is -0.179. The molecule has 1 amide bonds. The topological polar surface area (TPSA) is 110 Å². The van der Waals surface area contributed by atoms with Crippen molar-refractivity contribution in [2.24, 2.45) is 0 Å². The summed E-state index contributed by atoms with van der Waals surface area (Å²) in [6.45, 7) is 3.73. The number of hydrogen-bond donors (Lipinski definition) is 1. The number of nitrogens with one attached hydrogen (secondary N) is 1. The Hall–Kier alpha value is -3.36. The molecule has 9 heteroatoms. The van der Waals surface area contributed by atoms with Crippen molar-refractivity contribution in [1.82, 2.24) is 34.6 Å². The third-order valence-electron chi connectivity index (χ3n) is 5.04.